The Morgan fingerprint density at radius 1 is 0.650 bits per heavy atom. The molecule has 4 rings (SSSR count). The van der Waals surface area contributed by atoms with Gasteiger partial charge in [-0.25, -0.2) is 17.6 Å². The molecule has 2 heterocycles. The van der Waals surface area contributed by atoms with Crippen molar-refractivity contribution in [2.24, 2.45) is 0 Å². The topological polar surface area (TPSA) is 102 Å². The van der Waals surface area contributed by atoms with E-state index in [2.05, 4.69) is 20.6 Å². The van der Waals surface area contributed by atoms with E-state index >= 15 is 0 Å². The molecule has 0 aliphatic carbocycles. The molecule has 0 spiro atoms. The number of benzene rings is 2. The third-order valence-electron chi connectivity index (χ3n) is 5.04. The standard InChI is InChI=1S/C20H18N4O4.C6F4I2/c1-27-17-11-16(20(26)24-14-5-9-22-10-6-14)18(28-2)12-15(17)19(25)23-13-3-7-21-8-4-13;7-1-2(8)6(12)4(10)3(9)5(1)11/h3-12H,1-2H3,(H,21,23,25)(H,22,24,26);. The molecule has 0 bridgehead atoms. The van der Waals surface area contributed by atoms with Crippen molar-refractivity contribution in [1.82, 2.24) is 9.97 Å². The van der Waals surface area contributed by atoms with Crippen LogP contribution in [0, 0.1) is 30.4 Å². The summed E-state index contributed by atoms with van der Waals surface area (Å²) in [7, 11) is 2.85. The van der Waals surface area contributed by atoms with Gasteiger partial charge in [0, 0.05) is 36.2 Å². The largest absolute Gasteiger partial charge is 0.496 e. The number of aromatic nitrogens is 2. The summed E-state index contributed by atoms with van der Waals surface area (Å²) < 4.78 is 59.9. The smallest absolute Gasteiger partial charge is 0.259 e. The molecule has 40 heavy (non-hydrogen) atoms. The summed E-state index contributed by atoms with van der Waals surface area (Å²) >= 11 is 2.41. The van der Waals surface area contributed by atoms with Gasteiger partial charge >= 0.3 is 0 Å². The zero-order chi connectivity index (χ0) is 29.4. The van der Waals surface area contributed by atoms with Crippen LogP contribution >= 0.6 is 45.2 Å². The van der Waals surface area contributed by atoms with E-state index in [1.165, 1.54) is 71.5 Å². The number of hydrogen-bond donors (Lipinski definition) is 2. The fourth-order valence-corrected chi connectivity index (χ4v) is 4.05. The highest BCUT2D eigenvalue weighted by Crippen LogP contribution is 2.30. The van der Waals surface area contributed by atoms with Gasteiger partial charge < -0.3 is 20.1 Å². The third-order valence-corrected chi connectivity index (χ3v) is 6.94. The first-order valence-corrected chi connectivity index (χ1v) is 13.1. The van der Waals surface area contributed by atoms with Gasteiger partial charge in [-0.1, -0.05) is 0 Å². The summed E-state index contributed by atoms with van der Waals surface area (Å²) in [4.78, 5) is 33.1. The van der Waals surface area contributed by atoms with Crippen molar-refractivity contribution >= 4 is 68.4 Å². The lowest BCUT2D eigenvalue weighted by Crippen LogP contribution is -2.17. The number of ether oxygens (including phenoxy) is 2. The number of carbonyl (C=O) groups excluding carboxylic acids is 2. The van der Waals surface area contributed by atoms with E-state index in [0.717, 1.165) is 0 Å². The predicted molar refractivity (Wildman–Crippen MR) is 156 cm³/mol. The van der Waals surface area contributed by atoms with Crippen LogP contribution in [0.5, 0.6) is 11.5 Å². The monoisotopic (exact) mass is 780 g/mol. The number of pyridine rings is 2. The second-order valence-corrected chi connectivity index (χ2v) is 9.67. The average Bonchev–Trinajstić information content (AvgIpc) is 2.98. The van der Waals surface area contributed by atoms with Crippen LogP contribution in [0.25, 0.3) is 0 Å². The van der Waals surface area contributed by atoms with Crippen LogP contribution in [-0.2, 0) is 0 Å². The van der Waals surface area contributed by atoms with Crippen molar-refractivity contribution < 1.29 is 36.6 Å². The number of nitrogens with zero attached hydrogens (tertiary/aromatic N) is 2. The van der Waals surface area contributed by atoms with Gasteiger partial charge in [0.15, 0.2) is 23.3 Å². The van der Waals surface area contributed by atoms with E-state index in [-0.39, 0.29) is 22.6 Å². The number of anilines is 2. The van der Waals surface area contributed by atoms with Gasteiger partial charge in [0.1, 0.15) is 11.5 Å². The summed E-state index contributed by atoms with van der Waals surface area (Å²) in [5.74, 6) is -5.71. The van der Waals surface area contributed by atoms with Gasteiger partial charge in [0.05, 0.1) is 32.5 Å². The van der Waals surface area contributed by atoms with Crippen LogP contribution in [0.1, 0.15) is 20.7 Å². The number of methoxy groups -OCH3 is 2. The number of halogens is 6. The molecule has 0 atom stereocenters. The van der Waals surface area contributed by atoms with Crippen molar-refractivity contribution in [3.63, 3.8) is 0 Å². The molecule has 0 aliphatic heterocycles. The number of carbonyl (C=O) groups is 2. The molecule has 208 valence electrons. The Kier molecular flexibility index (Phi) is 11.0. The Morgan fingerprint density at radius 3 is 1.23 bits per heavy atom. The molecule has 14 heteroatoms. The van der Waals surface area contributed by atoms with E-state index in [0.29, 0.717) is 11.4 Å². The second kappa shape index (κ2) is 14.2. The summed E-state index contributed by atoms with van der Waals surface area (Å²) in [5, 5.41) is 5.50. The minimum absolute atomic E-state index is 0.233. The Morgan fingerprint density at radius 2 is 0.950 bits per heavy atom. The molecule has 0 aliphatic rings. The lowest BCUT2D eigenvalue weighted by molar-refractivity contribution is 0.101. The molecule has 0 unspecified atom stereocenters. The maximum atomic E-state index is 12.7. The average molecular weight is 780 g/mol. The molecule has 2 aromatic heterocycles. The zero-order valence-corrected chi connectivity index (χ0v) is 24.9. The quantitative estimate of drug-likeness (QED) is 0.101. The number of hydrogen-bond acceptors (Lipinski definition) is 6. The zero-order valence-electron chi connectivity index (χ0n) is 20.6. The minimum Gasteiger partial charge on any atom is -0.496 e. The van der Waals surface area contributed by atoms with Crippen LogP contribution < -0.4 is 20.1 Å². The van der Waals surface area contributed by atoms with E-state index in [1.54, 1.807) is 49.1 Å². The molecule has 0 saturated carbocycles. The molecule has 4 aromatic rings. The van der Waals surface area contributed by atoms with Crippen molar-refractivity contribution in [3.05, 3.63) is 103 Å². The molecule has 0 fully saturated rings. The first-order valence-electron chi connectivity index (χ1n) is 10.9. The SMILES string of the molecule is COc1cc(C(=O)Nc2ccncc2)c(OC)cc1C(=O)Nc1ccncc1.Fc1c(F)c(I)c(F)c(F)c1I. The molecule has 2 N–H and O–H groups in total. The molecule has 2 amide bonds. The molecule has 0 saturated heterocycles. The van der Waals surface area contributed by atoms with Crippen molar-refractivity contribution in [2.75, 3.05) is 24.9 Å². The Hall–Kier alpha value is -3.54. The fourth-order valence-electron chi connectivity index (χ4n) is 3.10. The van der Waals surface area contributed by atoms with E-state index in [9.17, 15) is 27.2 Å². The maximum absolute atomic E-state index is 12.7. The normalized spacial score (nSPS) is 10.2. The summed E-state index contributed by atoms with van der Waals surface area (Å²) in [5.41, 5.74) is 1.63. The Balaban J connectivity index is 0.000000307. The highest BCUT2D eigenvalue weighted by Gasteiger charge is 2.22. The highest BCUT2D eigenvalue weighted by molar-refractivity contribution is 14.1. The van der Waals surface area contributed by atoms with E-state index in [4.69, 9.17) is 9.47 Å². The predicted octanol–water partition coefficient (Wildman–Crippen LogP) is 6.45. The van der Waals surface area contributed by atoms with E-state index in [1.807, 2.05) is 0 Å². The maximum Gasteiger partial charge on any atom is 0.259 e. The Bertz CT molecular complexity index is 1340. The third kappa shape index (κ3) is 7.35. The van der Waals surface area contributed by atoms with Crippen molar-refractivity contribution in [3.8, 4) is 11.5 Å². The van der Waals surface area contributed by atoms with Crippen LogP contribution in [-0.4, -0.2) is 36.0 Å². The first kappa shape index (κ1) is 31.0. The van der Waals surface area contributed by atoms with Gasteiger partial charge in [0.25, 0.3) is 11.8 Å². The molecule has 0 radical (unpaired) electrons. The van der Waals surface area contributed by atoms with Crippen molar-refractivity contribution in [1.29, 1.82) is 0 Å². The fraction of sp³-hybridized carbons (Fsp3) is 0.0769. The van der Waals surface area contributed by atoms with E-state index < -0.39 is 42.2 Å². The molecule has 2 aromatic carbocycles. The summed E-state index contributed by atoms with van der Waals surface area (Å²) in [6.45, 7) is 0. The Labute approximate surface area is 252 Å². The van der Waals surface area contributed by atoms with Gasteiger partial charge in [-0.3, -0.25) is 19.6 Å². The lowest BCUT2D eigenvalue weighted by Gasteiger charge is -2.15. The first-order chi connectivity index (χ1) is 19.1. The van der Waals surface area contributed by atoms with Crippen molar-refractivity contribution in [2.45, 2.75) is 0 Å². The number of rotatable bonds is 6. The van der Waals surface area contributed by atoms with Crippen LogP contribution in [0.4, 0.5) is 28.9 Å². The minimum atomic E-state index is -1.35. The lowest BCUT2D eigenvalue weighted by atomic mass is 10.1. The van der Waals surface area contributed by atoms with Gasteiger partial charge in [-0.2, -0.15) is 0 Å². The van der Waals surface area contributed by atoms with Crippen LogP contribution in [0.3, 0.4) is 0 Å². The number of nitrogens with one attached hydrogen (secondary N) is 2. The summed E-state index contributed by atoms with van der Waals surface area (Å²) in [6.07, 6.45) is 6.28. The van der Waals surface area contributed by atoms with Gasteiger partial charge in [-0.15, -0.1) is 0 Å². The van der Waals surface area contributed by atoms with Crippen LogP contribution in [0.2, 0.25) is 0 Å². The molecular weight excluding hydrogens is 762 g/mol. The number of amides is 2. The van der Waals surface area contributed by atoms with Gasteiger partial charge in [0.2, 0.25) is 0 Å². The second-order valence-electron chi connectivity index (χ2n) is 7.52. The summed E-state index contributed by atoms with van der Waals surface area (Å²) in [6, 6.07) is 9.60. The van der Waals surface area contributed by atoms with Crippen LogP contribution in [0.15, 0.2) is 61.2 Å². The van der Waals surface area contributed by atoms with Gasteiger partial charge in [-0.05, 0) is 81.6 Å². The molecule has 8 nitrogen and oxygen atoms in total. The highest BCUT2D eigenvalue weighted by atomic mass is 127. The molecular formula is C26H18F4I2N4O4.